The first-order chi connectivity index (χ1) is 8.74. The Hall–Kier alpha value is -1.98. The fourth-order valence-corrected chi connectivity index (χ4v) is 1.67. The van der Waals surface area contributed by atoms with Gasteiger partial charge in [-0.25, -0.2) is 9.40 Å². The highest BCUT2D eigenvalue weighted by atomic mass is 19.1. The molecule has 0 heterocycles. The van der Waals surface area contributed by atoms with Crippen LogP contribution in [-0.4, -0.2) is 12.9 Å². The van der Waals surface area contributed by atoms with Crippen LogP contribution in [0, 0.1) is 22.7 Å². The van der Waals surface area contributed by atoms with Crippen LogP contribution in [0.15, 0.2) is 23.4 Å². The summed E-state index contributed by atoms with van der Waals surface area (Å²) in [5, 5.41) is 10.9. The van der Waals surface area contributed by atoms with Gasteiger partial charge in [-0.3, -0.25) is 5.41 Å². The topological polar surface area (TPSA) is 72.5 Å². The smallest absolute Gasteiger partial charge is 0.152 e. The van der Waals surface area contributed by atoms with E-state index >= 15 is 0 Å². The van der Waals surface area contributed by atoms with Gasteiger partial charge in [0.2, 0.25) is 0 Å². The van der Waals surface area contributed by atoms with E-state index in [0.29, 0.717) is 12.4 Å². The molecule has 5 nitrogen and oxygen atoms in total. The van der Waals surface area contributed by atoms with Crippen molar-refractivity contribution >= 4 is 12.0 Å². The van der Waals surface area contributed by atoms with E-state index in [1.165, 1.54) is 25.0 Å². The molecule has 0 atom stereocenters. The van der Waals surface area contributed by atoms with Crippen LogP contribution >= 0.6 is 0 Å². The summed E-state index contributed by atoms with van der Waals surface area (Å²) >= 11 is 0. The van der Waals surface area contributed by atoms with Crippen molar-refractivity contribution < 1.29 is 9.13 Å². The lowest BCUT2D eigenvalue weighted by Gasteiger charge is -2.12. The molecule has 0 aromatic heterocycles. The molecule has 1 aromatic rings. The van der Waals surface area contributed by atoms with Gasteiger partial charge in [0.15, 0.2) is 5.82 Å². The molecule has 0 bridgehead atoms. The van der Waals surface area contributed by atoms with Crippen molar-refractivity contribution in [2.45, 2.75) is 19.3 Å². The van der Waals surface area contributed by atoms with Gasteiger partial charge in [0.05, 0.1) is 6.61 Å². The molecular formula is C12H15FN4O. The maximum absolute atomic E-state index is 13.7. The number of nitrogens with zero attached hydrogens (tertiary/aromatic N) is 2. The van der Waals surface area contributed by atoms with Crippen molar-refractivity contribution in [1.29, 1.82) is 10.9 Å². The van der Waals surface area contributed by atoms with Crippen LogP contribution in [-0.2, 0) is 0 Å². The molecule has 1 saturated carbocycles. The number of ether oxygens (including phenoxy) is 1. The number of benzene rings is 1. The van der Waals surface area contributed by atoms with Gasteiger partial charge in [-0.2, -0.15) is 5.53 Å². The predicted molar refractivity (Wildman–Crippen MR) is 65.6 cm³/mol. The van der Waals surface area contributed by atoms with Gasteiger partial charge < -0.3 is 4.74 Å². The molecule has 1 aromatic carbocycles. The first kappa shape index (κ1) is 12.5. The van der Waals surface area contributed by atoms with Crippen LogP contribution in [0.3, 0.4) is 0 Å². The monoisotopic (exact) mass is 250 g/mol. The highest BCUT2D eigenvalue weighted by Gasteiger charge is 2.20. The summed E-state index contributed by atoms with van der Waals surface area (Å²) in [5.74, 6) is 0.690. The average molecular weight is 250 g/mol. The van der Waals surface area contributed by atoms with Crippen molar-refractivity contribution in [3.05, 3.63) is 24.0 Å². The summed E-state index contributed by atoms with van der Waals surface area (Å²) in [4.78, 5) is 0. The molecule has 1 aliphatic rings. The van der Waals surface area contributed by atoms with Crippen molar-refractivity contribution in [2.24, 2.45) is 11.1 Å². The molecule has 0 spiro atoms. The fraction of sp³-hybridized carbons (Fsp3) is 0.417. The Labute approximate surface area is 105 Å². The molecule has 6 heteroatoms. The normalized spacial score (nSPS) is 14.1. The first-order valence-corrected chi connectivity index (χ1v) is 5.84. The van der Waals surface area contributed by atoms with Crippen molar-refractivity contribution in [2.75, 3.05) is 11.6 Å². The summed E-state index contributed by atoms with van der Waals surface area (Å²) in [5.41, 5.74) is 6.88. The zero-order valence-electron chi connectivity index (χ0n) is 9.90. The zero-order valence-corrected chi connectivity index (χ0v) is 9.90. The molecule has 1 aliphatic carbocycles. The van der Waals surface area contributed by atoms with Crippen LogP contribution < -0.4 is 9.75 Å². The number of anilines is 1. The number of halogens is 1. The molecule has 2 rings (SSSR count). The quantitative estimate of drug-likeness (QED) is 0.337. The Morgan fingerprint density at radius 2 is 2.28 bits per heavy atom. The Bertz CT molecular complexity index is 440. The Morgan fingerprint density at radius 1 is 1.50 bits per heavy atom. The van der Waals surface area contributed by atoms with E-state index in [4.69, 9.17) is 15.7 Å². The zero-order chi connectivity index (χ0) is 13.0. The standard InChI is InChI=1S/C12H15FN4O/c13-11-7-10(18-6-5-9-1-2-9)3-4-12(11)17(8-14)16-15/h3-4,7-9,14-15H,1-2,5-6H2. The SMILES string of the molecule is N=CN(N=N)c1ccc(OCCC2CC2)cc1F. The Morgan fingerprint density at radius 3 is 2.83 bits per heavy atom. The molecule has 96 valence electrons. The van der Waals surface area contributed by atoms with Gasteiger partial charge in [0.25, 0.3) is 0 Å². The van der Waals surface area contributed by atoms with E-state index in [0.717, 1.165) is 23.7 Å². The van der Waals surface area contributed by atoms with Gasteiger partial charge in [0.1, 0.15) is 17.8 Å². The minimum Gasteiger partial charge on any atom is -0.493 e. The van der Waals surface area contributed by atoms with Gasteiger partial charge in [-0.1, -0.05) is 18.1 Å². The minimum absolute atomic E-state index is 0.0644. The van der Waals surface area contributed by atoms with E-state index in [2.05, 4.69) is 5.22 Å². The van der Waals surface area contributed by atoms with Crippen molar-refractivity contribution in [1.82, 2.24) is 0 Å². The highest BCUT2D eigenvalue weighted by Crippen LogP contribution is 2.32. The fourth-order valence-electron chi connectivity index (χ4n) is 1.67. The number of rotatable bonds is 7. The summed E-state index contributed by atoms with van der Waals surface area (Å²) in [7, 11) is 0. The molecule has 1 fully saturated rings. The van der Waals surface area contributed by atoms with Crippen LogP contribution in [0.4, 0.5) is 10.1 Å². The second kappa shape index (κ2) is 5.57. The maximum atomic E-state index is 13.7. The summed E-state index contributed by atoms with van der Waals surface area (Å²) in [6.45, 7) is 0.598. The van der Waals surface area contributed by atoms with Crippen LogP contribution in [0.5, 0.6) is 5.75 Å². The number of hydrogen-bond donors (Lipinski definition) is 2. The predicted octanol–water partition coefficient (Wildman–Crippen LogP) is 3.36. The second-order valence-corrected chi connectivity index (χ2v) is 4.27. The second-order valence-electron chi connectivity index (χ2n) is 4.27. The lowest BCUT2D eigenvalue weighted by molar-refractivity contribution is 0.301. The molecule has 2 N–H and O–H groups in total. The Balaban J connectivity index is 1.98. The third kappa shape index (κ3) is 3.03. The third-order valence-corrected chi connectivity index (χ3v) is 2.89. The van der Waals surface area contributed by atoms with Crippen molar-refractivity contribution in [3.63, 3.8) is 0 Å². The van der Waals surface area contributed by atoms with Gasteiger partial charge in [-0.15, -0.1) is 0 Å². The summed E-state index contributed by atoms with van der Waals surface area (Å²) < 4.78 is 19.2. The van der Waals surface area contributed by atoms with E-state index in [1.54, 1.807) is 6.07 Å². The first-order valence-electron chi connectivity index (χ1n) is 5.84. The molecule has 0 aliphatic heterocycles. The van der Waals surface area contributed by atoms with Crippen LogP contribution in [0.25, 0.3) is 0 Å². The Kier molecular flexibility index (Phi) is 3.86. The van der Waals surface area contributed by atoms with E-state index < -0.39 is 5.82 Å². The summed E-state index contributed by atoms with van der Waals surface area (Å²) in [6.07, 6.45) is 4.34. The average Bonchev–Trinajstić information content (AvgIpc) is 3.17. The van der Waals surface area contributed by atoms with E-state index in [-0.39, 0.29) is 5.69 Å². The minimum atomic E-state index is -0.557. The lowest BCUT2D eigenvalue weighted by atomic mass is 10.2. The summed E-state index contributed by atoms with van der Waals surface area (Å²) in [6, 6.07) is 4.32. The molecule has 0 radical (unpaired) electrons. The molecule has 0 unspecified atom stereocenters. The van der Waals surface area contributed by atoms with Gasteiger partial charge >= 0.3 is 0 Å². The number of hydrogen-bond acceptors (Lipinski definition) is 4. The van der Waals surface area contributed by atoms with Crippen molar-refractivity contribution in [3.8, 4) is 5.75 Å². The van der Waals surface area contributed by atoms with Gasteiger partial charge in [0, 0.05) is 6.07 Å². The molecular weight excluding hydrogens is 235 g/mol. The molecule has 0 amide bonds. The van der Waals surface area contributed by atoms with Gasteiger partial charge in [-0.05, 0) is 24.5 Å². The van der Waals surface area contributed by atoms with E-state index in [1.807, 2.05) is 0 Å². The van der Waals surface area contributed by atoms with Crippen LogP contribution in [0.2, 0.25) is 0 Å². The lowest BCUT2D eigenvalue weighted by Crippen LogP contribution is -2.13. The van der Waals surface area contributed by atoms with Crippen LogP contribution in [0.1, 0.15) is 19.3 Å². The number of nitrogens with one attached hydrogen (secondary N) is 2. The molecule has 0 saturated heterocycles. The largest absolute Gasteiger partial charge is 0.493 e. The maximum Gasteiger partial charge on any atom is 0.152 e. The third-order valence-electron chi connectivity index (χ3n) is 2.89. The highest BCUT2D eigenvalue weighted by molar-refractivity contribution is 5.76. The van der Waals surface area contributed by atoms with E-state index in [9.17, 15) is 4.39 Å². The molecule has 18 heavy (non-hydrogen) atoms.